The lowest BCUT2D eigenvalue weighted by Gasteiger charge is -2.28. The molecule has 2 aromatic heterocycles. The van der Waals surface area contributed by atoms with E-state index in [1.54, 1.807) is 13.3 Å². The summed E-state index contributed by atoms with van der Waals surface area (Å²) in [7, 11) is 1.80. The number of rotatable bonds is 10. The van der Waals surface area contributed by atoms with Gasteiger partial charge in [-0.1, -0.05) is 13.8 Å². The normalized spacial score (nSPS) is 12.7. The first-order valence-corrected chi connectivity index (χ1v) is 9.82. The van der Waals surface area contributed by atoms with Gasteiger partial charge in [0.1, 0.15) is 5.76 Å². The lowest BCUT2D eigenvalue weighted by molar-refractivity contribution is 0.193. The Bertz CT molecular complexity index is 694. The summed E-state index contributed by atoms with van der Waals surface area (Å²) < 4.78 is 7.71. The fraction of sp³-hybridized carbons (Fsp3) is 0.600. The zero-order chi connectivity index (χ0) is 19.6. The predicted octanol–water partition coefficient (Wildman–Crippen LogP) is 3.35. The van der Waals surface area contributed by atoms with Gasteiger partial charge in [0, 0.05) is 32.4 Å². The highest BCUT2D eigenvalue weighted by molar-refractivity contribution is 14.0. The fourth-order valence-corrected chi connectivity index (χ4v) is 3.31. The molecule has 2 N–H and O–H groups in total. The van der Waals surface area contributed by atoms with Crippen molar-refractivity contribution in [1.29, 1.82) is 0 Å². The first-order chi connectivity index (χ1) is 13.1. The van der Waals surface area contributed by atoms with Gasteiger partial charge in [0.15, 0.2) is 5.96 Å². The summed E-state index contributed by atoms with van der Waals surface area (Å²) in [5.41, 5.74) is 2.27. The van der Waals surface area contributed by atoms with E-state index < -0.39 is 0 Å². The third-order valence-corrected chi connectivity index (χ3v) is 4.75. The molecule has 28 heavy (non-hydrogen) atoms. The summed E-state index contributed by atoms with van der Waals surface area (Å²) in [5, 5.41) is 11.3. The number of nitrogens with zero attached hydrogens (tertiary/aromatic N) is 4. The highest BCUT2D eigenvalue weighted by Gasteiger charge is 2.20. The number of halogens is 1. The summed E-state index contributed by atoms with van der Waals surface area (Å²) in [5.74, 6) is 1.79. The second kappa shape index (κ2) is 12.8. The lowest BCUT2D eigenvalue weighted by atomic mass is 10.2. The van der Waals surface area contributed by atoms with E-state index in [2.05, 4.69) is 57.1 Å². The van der Waals surface area contributed by atoms with E-state index in [4.69, 9.17) is 4.42 Å². The molecule has 0 radical (unpaired) electrons. The van der Waals surface area contributed by atoms with Crippen molar-refractivity contribution in [2.45, 2.75) is 46.7 Å². The maximum atomic E-state index is 5.66. The van der Waals surface area contributed by atoms with Gasteiger partial charge in [-0.25, -0.2) is 0 Å². The molecule has 0 aliphatic heterocycles. The summed E-state index contributed by atoms with van der Waals surface area (Å²) in [6.07, 6.45) is 2.72. The molecule has 0 spiro atoms. The molecule has 0 amide bonds. The van der Waals surface area contributed by atoms with E-state index in [0.717, 1.165) is 56.6 Å². The lowest BCUT2D eigenvalue weighted by Crippen LogP contribution is -2.43. The number of hydrogen-bond donors (Lipinski definition) is 2. The van der Waals surface area contributed by atoms with Gasteiger partial charge in [0.05, 0.1) is 18.0 Å². The Balaban J connectivity index is 0.00000392. The standard InChI is InChI=1S/C20H34N6O.HI/c1-6-25(7-2)18(19-10-8-13-27-19)15-23-20(21-5)22-11-9-12-26-17(4)14-16(3)24-26;/h8,10,13-14,18H,6-7,9,11-12,15H2,1-5H3,(H2,21,22,23);1H. The number of aromatic nitrogens is 2. The summed E-state index contributed by atoms with van der Waals surface area (Å²) in [6.45, 7) is 12.9. The summed E-state index contributed by atoms with van der Waals surface area (Å²) in [4.78, 5) is 6.72. The van der Waals surface area contributed by atoms with E-state index in [1.807, 2.05) is 19.1 Å². The highest BCUT2D eigenvalue weighted by atomic mass is 127. The Labute approximate surface area is 186 Å². The van der Waals surface area contributed by atoms with Crippen LogP contribution in [0.25, 0.3) is 0 Å². The number of nitrogens with one attached hydrogen (secondary N) is 2. The van der Waals surface area contributed by atoms with Crippen LogP contribution in [0.3, 0.4) is 0 Å². The molecular formula is C20H35IN6O. The van der Waals surface area contributed by atoms with Crippen LogP contribution >= 0.6 is 24.0 Å². The van der Waals surface area contributed by atoms with Crippen molar-refractivity contribution in [1.82, 2.24) is 25.3 Å². The Kier molecular flexibility index (Phi) is 11.2. The molecule has 0 aliphatic carbocycles. The van der Waals surface area contributed by atoms with Gasteiger partial charge in [0.25, 0.3) is 0 Å². The molecule has 2 aromatic rings. The first kappa shape index (κ1) is 24.5. The minimum atomic E-state index is 0. The van der Waals surface area contributed by atoms with Crippen LogP contribution in [0, 0.1) is 13.8 Å². The smallest absolute Gasteiger partial charge is 0.191 e. The van der Waals surface area contributed by atoms with Crippen molar-refractivity contribution in [2.75, 3.05) is 33.2 Å². The molecule has 0 bridgehead atoms. The second-order valence-corrected chi connectivity index (χ2v) is 6.64. The Morgan fingerprint density at radius 3 is 2.57 bits per heavy atom. The topological polar surface area (TPSA) is 70.6 Å². The SMILES string of the molecule is CCN(CC)C(CNC(=NC)NCCCn1nc(C)cc1C)c1ccco1.I. The Hall–Kier alpha value is -1.55. The summed E-state index contributed by atoms with van der Waals surface area (Å²) in [6, 6.07) is 6.27. The van der Waals surface area contributed by atoms with Gasteiger partial charge in [-0.15, -0.1) is 24.0 Å². The van der Waals surface area contributed by atoms with Crippen LogP contribution in [-0.2, 0) is 6.54 Å². The largest absolute Gasteiger partial charge is 0.468 e. The number of guanidine groups is 1. The minimum Gasteiger partial charge on any atom is -0.468 e. The van der Waals surface area contributed by atoms with Crippen molar-refractivity contribution < 1.29 is 4.42 Å². The first-order valence-electron chi connectivity index (χ1n) is 9.82. The van der Waals surface area contributed by atoms with E-state index in [1.165, 1.54) is 5.69 Å². The van der Waals surface area contributed by atoms with Crippen LogP contribution in [0.1, 0.15) is 43.5 Å². The molecule has 1 unspecified atom stereocenters. The Morgan fingerprint density at radius 1 is 1.29 bits per heavy atom. The Morgan fingerprint density at radius 2 is 2.04 bits per heavy atom. The minimum absolute atomic E-state index is 0. The molecule has 8 heteroatoms. The van der Waals surface area contributed by atoms with Gasteiger partial charge in [0.2, 0.25) is 0 Å². The number of likely N-dealkylation sites (N-methyl/N-ethyl adjacent to an activating group) is 1. The molecule has 0 fully saturated rings. The van der Waals surface area contributed by atoms with Crippen LogP contribution in [-0.4, -0.2) is 53.9 Å². The fourth-order valence-electron chi connectivity index (χ4n) is 3.31. The molecule has 2 rings (SSSR count). The second-order valence-electron chi connectivity index (χ2n) is 6.64. The van der Waals surface area contributed by atoms with Crippen molar-refractivity contribution in [2.24, 2.45) is 4.99 Å². The molecule has 1 atom stereocenters. The van der Waals surface area contributed by atoms with Gasteiger partial charge in [-0.3, -0.25) is 14.6 Å². The van der Waals surface area contributed by atoms with Crippen LogP contribution in [0.15, 0.2) is 33.9 Å². The predicted molar refractivity (Wildman–Crippen MR) is 125 cm³/mol. The number of furan rings is 1. The van der Waals surface area contributed by atoms with Crippen molar-refractivity contribution in [3.8, 4) is 0 Å². The molecule has 0 aromatic carbocycles. The van der Waals surface area contributed by atoms with Crippen LogP contribution in [0.4, 0.5) is 0 Å². The van der Waals surface area contributed by atoms with Gasteiger partial charge in [-0.05, 0) is 51.6 Å². The molecule has 2 heterocycles. The van der Waals surface area contributed by atoms with E-state index in [9.17, 15) is 0 Å². The average Bonchev–Trinajstić information content (AvgIpc) is 3.29. The molecule has 0 saturated carbocycles. The third kappa shape index (κ3) is 7.12. The zero-order valence-corrected chi connectivity index (χ0v) is 20.1. The molecule has 158 valence electrons. The molecular weight excluding hydrogens is 467 g/mol. The third-order valence-electron chi connectivity index (χ3n) is 4.75. The van der Waals surface area contributed by atoms with Crippen molar-refractivity contribution in [3.63, 3.8) is 0 Å². The maximum absolute atomic E-state index is 5.66. The van der Waals surface area contributed by atoms with Crippen molar-refractivity contribution in [3.05, 3.63) is 41.6 Å². The maximum Gasteiger partial charge on any atom is 0.191 e. The monoisotopic (exact) mass is 502 g/mol. The zero-order valence-electron chi connectivity index (χ0n) is 17.7. The number of hydrogen-bond acceptors (Lipinski definition) is 4. The molecule has 7 nitrogen and oxygen atoms in total. The molecule has 0 saturated heterocycles. The number of aryl methyl sites for hydroxylation is 3. The van der Waals surface area contributed by atoms with Gasteiger partial charge < -0.3 is 15.1 Å². The van der Waals surface area contributed by atoms with E-state index in [-0.39, 0.29) is 30.0 Å². The van der Waals surface area contributed by atoms with E-state index in [0.29, 0.717) is 0 Å². The van der Waals surface area contributed by atoms with Crippen LogP contribution in [0.5, 0.6) is 0 Å². The van der Waals surface area contributed by atoms with Crippen LogP contribution in [0.2, 0.25) is 0 Å². The summed E-state index contributed by atoms with van der Waals surface area (Å²) >= 11 is 0. The van der Waals surface area contributed by atoms with Crippen LogP contribution < -0.4 is 10.6 Å². The van der Waals surface area contributed by atoms with Crippen molar-refractivity contribution >= 4 is 29.9 Å². The highest BCUT2D eigenvalue weighted by Crippen LogP contribution is 2.20. The van der Waals surface area contributed by atoms with Gasteiger partial charge >= 0.3 is 0 Å². The number of aliphatic imine (C=N–C) groups is 1. The van der Waals surface area contributed by atoms with Gasteiger partial charge in [-0.2, -0.15) is 5.10 Å². The molecule has 0 aliphatic rings. The van der Waals surface area contributed by atoms with E-state index >= 15 is 0 Å². The quantitative estimate of drug-likeness (QED) is 0.226. The average molecular weight is 502 g/mol.